The molecule has 1 N–H and O–H groups in total. The molecule has 1 aliphatic rings. The van der Waals surface area contributed by atoms with E-state index >= 15 is 0 Å². The van der Waals surface area contributed by atoms with Gasteiger partial charge in [0.2, 0.25) is 5.91 Å². The highest BCUT2D eigenvalue weighted by atomic mass is 32.2. The van der Waals surface area contributed by atoms with E-state index < -0.39 is 0 Å². The van der Waals surface area contributed by atoms with Gasteiger partial charge < -0.3 is 14.6 Å². The Hall–Kier alpha value is -1.57. The van der Waals surface area contributed by atoms with E-state index in [4.69, 9.17) is 4.74 Å². The monoisotopic (exact) mass is 368 g/mol. The van der Waals surface area contributed by atoms with Crippen LogP contribution in [0, 0.1) is 0 Å². The number of thioether (sulfide) groups is 1. The summed E-state index contributed by atoms with van der Waals surface area (Å²) in [4.78, 5) is 23.9. The first-order valence-electron chi connectivity index (χ1n) is 9.10. The Balaban J connectivity index is 2.21. The largest absolute Gasteiger partial charge is 0.466 e. The molecule has 1 amide bonds. The Morgan fingerprint density at radius 1 is 1.28 bits per heavy atom. The molecule has 0 spiro atoms. The number of esters is 1. The fraction of sp³-hybridized carbons (Fsp3) is 0.765. The summed E-state index contributed by atoms with van der Waals surface area (Å²) in [6.45, 7) is 6.51. The number of hydrogen-bond donors (Lipinski definition) is 1. The third kappa shape index (κ3) is 5.45. The van der Waals surface area contributed by atoms with Crippen molar-refractivity contribution in [3.63, 3.8) is 0 Å². The second kappa shape index (κ2) is 9.79. The van der Waals surface area contributed by atoms with Crippen LogP contribution in [0.5, 0.6) is 0 Å². The van der Waals surface area contributed by atoms with Gasteiger partial charge in [-0.3, -0.25) is 9.59 Å². The van der Waals surface area contributed by atoms with Crippen LogP contribution in [0.1, 0.15) is 64.7 Å². The van der Waals surface area contributed by atoms with Crippen LogP contribution in [0.25, 0.3) is 0 Å². The predicted molar refractivity (Wildman–Crippen MR) is 96.5 cm³/mol. The van der Waals surface area contributed by atoms with Crippen molar-refractivity contribution < 1.29 is 14.3 Å². The highest BCUT2D eigenvalue weighted by Crippen LogP contribution is 2.34. The number of aromatic nitrogens is 3. The number of carbonyl (C=O) groups is 2. The second-order valence-corrected chi connectivity index (χ2v) is 7.51. The first kappa shape index (κ1) is 19.8. The van der Waals surface area contributed by atoms with Crippen LogP contribution < -0.4 is 5.32 Å². The van der Waals surface area contributed by atoms with Gasteiger partial charge in [0.25, 0.3) is 0 Å². The third-order valence-corrected chi connectivity index (χ3v) is 5.34. The van der Waals surface area contributed by atoms with Crippen molar-refractivity contribution in [3.05, 3.63) is 5.82 Å². The molecule has 140 valence electrons. The Morgan fingerprint density at radius 2 is 2.00 bits per heavy atom. The van der Waals surface area contributed by atoms with Crippen molar-refractivity contribution >= 4 is 23.6 Å². The van der Waals surface area contributed by atoms with E-state index in [2.05, 4.69) is 20.1 Å². The quantitative estimate of drug-likeness (QED) is 0.560. The van der Waals surface area contributed by atoms with Crippen LogP contribution in [-0.2, 0) is 20.7 Å². The number of amides is 1. The maximum Gasteiger partial charge on any atom is 0.313 e. The molecular weight excluding hydrogens is 340 g/mol. The summed E-state index contributed by atoms with van der Waals surface area (Å²) in [5.74, 6) is 0.328. The highest BCUT2D eigenvalue weighted by Gasteiger charge is 2.26. The summed E-state index contributed by atoms with van der Waals surface area (Å²) in [6, 6.07) is 0.289. The van der Waals surface area contributed by atoms with Crippen LogP contribution in [0.3, 0.4) is 0 Å². The normalized spacial score (nSPS) is 16.4. The highest BCUT2D eigenvalue weighted by molar-refractivity contribution is 8.00. The van der Waals surface area contributed by atoms with E-state index in [1.54, 1.807) is 6.92 Å². The van der Waals surface area contributed by atoms with E-state index in [1.165, 1.54) is 18.2 Å². The molecular formula is C17H28N4O3S. The van der Waals surface area contributed by atoms with E-state index in [0.717, 1.165) is 25.7 Å². The average molecular weight is 369 g/mol. The maximum atomic E-state index is 12.0. The topological polar surface area (TPSA) is 86.1 Å². The van der Waals surface area contributed by atoms with Crippen LogP contribution >= 0.6 is 11.8 Å². The van der Waals surface area contributed by atoms with Gasteiger partial charge in [-0.15, -0.1) is 10.2 Å². The third-order valence-electron chi connectivity index (χ3n) is 4.29. The molecule has 0 bridgehead atoms. The summed E-state index contributed by atoms with van der Waals surface area (Å²) in [5.41, 5.74) is 0. The fourth-order valence-corrected chi connectivity index (χ4v) is 4.05. The van der Waals surface area contributed by atoms with Crippen molar-refractivity contribution in [2.75, 3.05) is 13.2 Å². The lowest BCUT2D eigenvalue weighted by Gasteiger charge is -2.26. The summed E-state index contributed by atoms with van der Waals surface area (Å²) in [7, 11) is 0. The predicted octanol–water partition coefficient (Wildman–Crippen LogP) is 2.51. The van der Waals surface area contributed by atoms with Crippen LogP contribution in [0.4, 0.5) is 0 Å². The molecule has 8 heteroatoms. The van der Waals surface area contributed by atoms with E-state index in [0.29, 0.717) is 24.1 Å². The lowest BCUT2D eigenvalue weighted by Crippen LogP contribution is -2.31. The SMILES string of the molecule is CCNC(=O)[C@H](C)Sc1nnc(CC(=O)OCC)n1C1CCCCC1. The number of nitrogens with zero attached hydrogens (tertiary/aromatic N) is 3. The first-order chi connectivity index (χ1) is 12.1. The zero-order chi connectivity index (χ0) is 18.2. The number of nitrogens with one attached hydrogen (secondary N) is 1. The van der Waals surface area contributed by atoms with E-state index in [9.17, 15) is 9.59 Å². The molecule has 7 nitrogen and oxygen atoms in total. The molecule has 0 saturated heterocycles. The average Bonchev–Trinajstić information content (AvgIpc) is 2.98. The minimum Gasteiger partial charge on any atom is -0.466 e. The number of hydrogen-bond acceptors (Lipinski definition) is 6. The Morgan fingerprint density at radius 3 is 2.64 bits per heavy atom. The van der Waals surface area contributed by atoms with E-state index in [1.807, 2.05) is 13.8 Å². The summed E-state index contributed by atoms with van der Waals surface area (Å²) >= 11 is 1.40. The van der Waals surface area contributed by atoms with Gasteiger partial charge >= 0.3 is 5.97 Å². The van der Waals surface area contributed by atoms with Gasteiger partial charge in [0.05, 0.1) is 11.9 Å². The zero-order valence-electron chi connectivity index (χ0n) is 15.3. The molecule has 1 atom stereocenters. The fourth-order valence-electron chi connectivity index (χ4n) is 3.09. The molecule has 0 radical (unpaired) electrons. The Labute approximate surface area is 153 Å². The van der Waals surface area contributed by atoms with Crippen LogP contribution in [0.2, 0.25) is 0 Å². The van der Waals surface area contributed by atoms with Gasteiger partial charge in [0, 0.05) is 12.6 Å². The van der Waals surface area contributed by atoms with Gasteiger partial charge in [-0.05, 0) is 33.6 Å². The molecule has 1 heterocycles. The Bertz CT molecular complexity index is 584. The first-order valence-corrected chi connectivity index (χ1v) is 9.98. The lowest BCUT2D eigenvalue weighted by atomic mass is 9.95. The smallest absolute Gasteiger partial charge is 0.313 e. The number of rotatable bonds is 8. The maximum absolute atomic E-state index is 12.0. The molecule has 0 aliphatic heterocycles. The molecule has 1 saturated carbocycles. The van der Waals surface area contributed by atoms with Crippen molar-refractivity contribution in [2.45, 2.75) is 75.7 Å². The van der Waals surface area contributed by atoms with Gasteiger partial charge in [-0.25, -0.2) is 0 Å². The van der Waals surface area contributed by atoms with Crippen LogP contribution in [-0.4, -0.2) is 45.0 Å². The molecule has 1 fully saturated rings. The van der Waals surface area contributed by atoms with Crippen molar-refractivity contribution in [1.29, 1.82) is 0 Å². The molecule has 0 aromatic carbocycles. The minimum absolute atomic E-state index is 0.0161. The summed E-state index contributed by atoms with van der Waals surface area (Å²) in [5, 5.41) is 11.8. The van der Waals surface area contributed by atoms with E-state index in [-0.39, 0.29) is 29.6 Å². The van der Waals surface area contributed by atoms with Crippen molar-refractivity contribution in [3.8, 4) is 0 Å². The van der Waals surface area contributed by atoms with Crippen molar-refractivity contribution in [1.82, 2.24) is 20.1 Å². The van der Waals surface area contributed by atoms with Crippen molar-refractivity contribution in [2.24, 2.45) is 0 Å². The molecule has 1 aliphatic carbocycles. The molecule has 1 aromatic heterocycles. The second-order valence-electron chi connectivity index (χ2n) is 6.20. The summed E-state index contributed by atoms with van der Waals surface area (Å²) < 4.78 is 7.12. The van der Waals surface area contributed by atoms with Gasteiger partial charge in [-0.1, -0.05) is 31.0 Å². The summed E-state index contributed by atoms with van der Waals surface area (Å²) in [6.07, 6.45) is 5.79. The minimum atomic E-state index is -0.291. The standard InChI is InChI=1S/C17H28N4O3S/c1-4-18-16(23)12(3)25-17-20-19-14(11-15(22)24-5-2)21(17)13-9-7-6-8-10-13/h12-13H,4-11H2,1-3H3,(H,18,23)/t12-/m0/s1. The van der Waals surface area contributed by atoms with Gasteiger partial charge in [0.15, 0.2) is 5.16 Å². The number of ether oxygens (including phenoxy) is 1. The molecule has 2 rings (SSSR count). The van der Waals surface area contributed by atoms with Gasteiger partial charge in [0.1, 0.15) is 12.2 Å². The molecule has 0 unspecified atom stereocenters. The number of carbonyl (C=O) groups excluding carboxylic acids is 2. The zero-order valence-corrected chi connectivity index (χ0v) is 16.1. The lowest BCUT2D eigenvalue weighted by molar-refractivity contribution is -0.142. The Kier molecular flexibility index (Phi) is 7.74. The molecule has 1 aromatic rings. The molecule has 25 heavy (non-hydrogen) atoms. The van der Waals surface area contributed by atoms with Crippen LogP contribution in [0.15, 0.2) is 5.16 Å². The van der Waals surface area contributed by atoms with Gasteiger partial charge in [-0.2, -0.15) is 0 Å².